The predicted octanol–water partition coefficient (Wildman–Crippen LogP) is 3.62. The van der Waals surface area contributed by atoms with Crippen molar-refractivity contribution >= 4 is 27.1 Å². The van der Waals surface area contributed by atoms with Gasteiger partial charge in [0.15, 0.2) is 5.75 Å². The molecule has 0 bridgehead atoms. The number of phenolic OH excluding ortho intramolecular Hbond substituents is 1. The summed E-state index contributed by atoms with van der Waals surface area (Å²) in [5, 5.41) is 16.7. The van der Waals surface area contributed by atoms with E-state index < -0.39 is 32.7 Å². The molecule has 2 heterocycles. The summed E-state index contributed by atoms with van der Waals surface area (Å²) in [5.74, 6) is 0.836. The first-order valence-corrected chi connectivity index (χ1v) is 12.6. The first kappa shape index (κ1) is 24.0. The lowest BCUT2D eigenvalue weighted by molar-refractivity contribution is 0.300. The molecule has 4 rings (SSSR count). The molecule has 2 aromatic carbocycles. The molecular formula is C24H29N3O6S. The summed E-state index contributed by atoms with van der Waals surface area (Å²) in [6, 6.07) is 7.48. The van der Waals surface area contributed by atoms with Crippen molar-refractivity contribution in [2.75, 3.05) is 23.7 Å². The molecule has 182 valence electrons. The number of furan rings is 1. The number of sulfonamides is 1. The highest BCUT2D eigenvalue weighted by Gasteiger charge is 2.34. The SMILES string of the molecule is Cc1ccc(C(Nc2c(Nc3cccc(S(=O)(=O)N4CCCC4)c3O)c(=O)c2=O)C(C)(C)C)o1. The van der Waals surface area contributed by atoms with Crippen LogP contribution in [0.1, 0.15) is 51.2 Å². The fourth-order valence-corrected chi connectivity index (χ4v) is 5.77. The number of nitrogens with zero attached hydrogens (tertiary/aromatic N) is 1. The lowest BCUT2D eigenvalue weighted by atomic mass is 9.85. The van der Waals surface area contributed by atoms with E-state index in [0.29, 0.717) is 18.8 Å². The maximum Gasteiger partial charge on any atom is 0.253 e. The van der Waals surface area contributed by atoms with E-state index in [2.05, 4.69) is 10.6 Å². The van der Waals surface area contributed by atoms with Crippen molar-refractivity contribution in [1.82, 2.24) is 4.31 Å². The topological polar surface area (TPSA) is 129 Å². The number of anilines is 3. The number of aromatic hydroxyl groups is 1. The maximum absolute atomic E-state index is 13.0. The molecule has 1 saturated heterocycles. The van der Waals surface area contributed by atoms with Crippen molar-refractivity contribution in [3.63, 3.8) is 0 Å². The van der Waals surface area contributed by atoms with Gasteiger partial charge in [0.25, 0.3) is 10.9 Å². The van der Waals surface area contributed by atoms with Gasteiger partial charge in [0.1, 0.15) is 27.8 Å². The van der Waals surface area contributed by atoms with E-state index in [0.717, 1.165) is 18.6 Å². The maximum atomic E-state index is 13.0. The van der Waals surface area contributed by atoms with Gasteiger partial charge in [0.2, 0.25) is 10.0 Å². The van der Waals surface area contributed by atoms with Crippen molar-refractivity contribution in [3.8, 4) is 5.75 Å². The molecule has 0 aliphatic carbocycles. The van der Waals surface area contributed by atoms with Gasteiger partial charge in [0, 0.05) is 13.1 Å². The van der Waals surface area contributed by atoms with Crippen LogP contribution in [-0.4, -0.2) is 30.9 Å². The van der Waals surface area contributed by atoms with Crippen LogP contribution in [0.4, 0.5) is 17.1 Å². The third kappa shape index (κ3) is 4.23. The molecule has 1 atom stereocenters. The number of rotatable bonds is 7. The van der Waals surface area contributed by atoms with Crippen LogP contribution in [0.25, 0.3) is 0 Å². The molecule has 0 radical (unpaired) electrons. The second-order valence-electron chi connectivity index (χ2n) is 9.69. The van der Waals surface area contributed by atoms with Crippen LogP contribution < -0.4 is 21.5 Å². The minimum atomic E-state index is -3.88. The molecule has 1 unspecified atom stereocenters. The minimum Gasteiger partial charge on any atom is -0.504 e. The van der Waals surface area contributed by atoms with Gasteiger partial charge in [-0.3, -0.25) is 9.59 Å². The zero-order valence-corrected chi connectivity index (χ0v) is 20.5. The van der Waals surface area contributed by atoms with Gasteiger partial charge < -0.3 is 20.2 Å². The van der Waals surface area contributed by atoms with E-state index in [1.807, 2.05) is 39.8 Å². The van der Waals surface area contributed by atoms with Gasteiger partial charge in [-0.05, 0) is 49.4 Å². The Morgan fingerprint density at radius 1 is 1.03 bits per heavy atom. The molecule has 0 amide bonds. The van der Waals surface area contributed by atoms with E-state index in [1.54, 1.807) is 0 Å². The average Bonchev–Trinajstić information content (AvgIpc) is 3.45. The first-order chi connectivity index (χ1) is 15.9. The van der Waals surface area contributed by atoms with Gasteiger partial charge in [-0.1, -0.05) is 26.8 Å². The van der Waals surface area contributed by atoms with Crippen molar-refractivity contribution in [1.29, 1.82) is 0 Å². The number of nitrogens with one attached hydrogen (secondary N) is 2. The number of benzene rings is 1. The van der Waals surface area contributed by atoms with Crippen LogP contribution in [0.15, 0.2) is 49.2 Å². The lowest BCUT2D eigenvalue weighted by Crippen LogP contribution is -2.39. The highest BCUT2D eigenvalue weighted by atomic mass is 32.2. The fourth-order valence-electron chi connectivity index (χ4n) is 4.15. The molecule has 34 heavy (non-hydrogen) atoms. The second kappa shape index (κ2) is 8.59. The molecule has 9 nitrogen and oxygen atoms in total. The molecule has 1 aromatic heterocycles. The quantitative estimate of drug-likeness (QED) is 0.340. The molecule has 3 aromatic rings. The Balaban J connectivity index is 1.67. The van der Waals surface area contributed by atoms with Crippen LogP contribution in [0, 0.1) is 12.3 Å². The van der Waals surface area contributed by atoms with Crippen molar-refractivity contribution in [3.05, 3.63) is 62.3 Å². The Kier molecular flexibility index (Phi) is 6.07. The third-order valence-corrected chi connectivity index (χ3v) is 7.98. The Labute approximate surface area is 198 Å². The minimum absolute atomic E-state index is 0.0246. The molecule has 3 N–H and O–H groups in total. The summed E-state index contributed by atoms with van der Waals surface area (Å²) < 4.78 is 33.0. The summed E-state index contributed by atoms with van der Waals surface area (Å²) in [6.45, 7) is 8.52. The number of hydrogen-bond acceptors (Lipinski definition) is 8. The van der Waals surface area contributed by atoms with Crippen LogP contribution in [0.3, 0.4) is 0 Å². The molecule has 1 fully saturated rings. The molecule has 1 aliphatic rings. The Morgan fingerprint density at radius 3 is 2.26 bits per heavy atom. The molecule has 0 saturated carbocycles. The van der Waals surface area contributed by atoms with Gasteiger partial charge in [-0.25, -0.2) is 8.42 Å². The smallest absolute Gasteiger partial charge is 0.253 e. The predicted molar refractivity (Wildman–Crippen MR) is 130 cm³/mol. The van der Waals surface area contributed by atoms with E-state index in [-0.39, 0.29) is 27.4 Å². The van der Waals surface area contributed by atoms with Gasteiger partial charge in [-0.2, -0.15) is 4.31 Å². The van der Waals surface area contributed by atoms with Crippen LogP contribution in [0.2, 0.25) is 0 Å². The number of aryl methyl sites for hydroxylation is 1. The monoisotopic (exact) mass is 487 g/mol. The normalized spacial score (nSPS) is 16.1. The molecule has 10 heteroatoms. The molecule has 1 aliphatic heterocycles. The third-order valence-electron chi connectivity index (χ3n) is 6.05. The summed E-state index contributed by atoms with van der Waals surface area (Å²) in [7, 11) is -3.88. The largest absolute Gasteiger partial charge is 0.504 e. The Hall–Kier alpha value is -3.11. The summed E-state index contributed by atoms with van der Waals surface area (Å²) >= 11 is 0. The highest BCUT2D eigenvalue weighted by molar-refractivity contribution is 7.89. The second-order valence-corrected chi connectivity index (χ2v) is 11.6. The summed E-state index contributed by atoms with van der Waals surface area (Å²) in [5.41, 5.74) is -1.76. The average molecular weight is 488 g/mol. The van der Waals surface area contributed by atoms with E-state index in [1.165, 1.54) is 22.5 Å². The number of phenols is 1. The number of hydrogen-bond donors (Lipinski definition) is 3. The Bertz CT molecular complexity index is 1390. The van der Waals surface area contributed by atoms with Crippen molar-refractivity contribution in [2.24, 2.45) is 5.41 Å². The lowest BCUT2D eigenvalue weighted by Gasteiger charge is -2.31. The van der Waals surface area contributed by atoms with Crippen molar-refractivity contribution in [2.45, 2.75) is 51.5 Å². The molecule has 0 spiro atoms. The van der Waals surface area contributed by atoms with Crippen LogP contribution in [-0.2, 0) is 10.0 Å². The summed E-state index contributed by atoms with van der Waals surface area (Å²) in [6.07, 6.45) is 1.53. The van der Waals surface area contributed by atoms with E-state index in [4.69, 9.17) is 4.42 Å². The highest BCUT2D eigenvalue weighted by Crippen LogP contribution is 2.39. The first-order valence-electron chi connectivity index (χ1n) is 11.2. The van der Waals surface area contributed by atoms with Gasteiger partial charge in [-0.15, -0.1) is 0 Å². The van der Waals surface area contributed by atoms with Crippen LogP contribution in [0.5, 0.6) is 5.75 Å². The number of para-hydroxylation sites is 1. The van der Waals surface area contributed by atoms with Crippen LogP contribution >= 0.6 is 0 Å². The standard InChI is InChI=1S/C24H29N3O6S/c1-14-10-11-16(33-14)23(24(2,3)4)26-19-18(21(29)22(19)30)25-15-8-7-9-17(20(15)28)34(31,32)27-12-5-6-13-27/h7-11,23,25-26,28H,5-6,12-13H2,1-4H3. The van der Waals surface area contributed by atoms with Gasteiger partial charge in [0.05, 0.1) is 11.7 Å². The van der Waals surface area contributed by atoms with Gasteiger partial charge >= 0.3 is 0 Å². The van der Waals surface area contributed by atoms with E-state index in [9.17, 15) is 23.1 Å². The Morgan fingerprint density at radius 2 is 1.68 bits per heavy atom. The molecular weight excluding hydrogens is 458 g/mol. The summed E-state index contributed by atoms with van der Waals surface area (Å²) in [4.78, 5) is 24.6. The zero-order valence-electron chi connectivity index (χ0n) is 19.6. The van der Waals surface area contributed by atoms with Crippen molar-refractivity contribution < 1.29 is 17.9 Å². The fraction of sp³-hybridized carbons (Fsp3) is 0.417. The zero-order chi connectivity index (χ0) is 24.8. The van der Waals surface area contributed by atoms with E-state index >= 15 is 0 Å².